The van der Waals surface area contributed by atoms with Gasteiger partial charge in [-0.3, -0.25) is 14.4 Å². The lowest BCUT2D eigenvalue weighted by Gasteiger charge is -2.38. The fraction of sp³-hybridized carbons (Fsp3) is 0.667. The molecule has 2 amide bonds. The number of thiophene rings is 1. The SMILES string of the molecule is O=C(N[C@@H](CC1CCCCC1)C(=O)N1CCCC2OCC(=O)C21)c1ccsc1. The normalized spacial score (nSPS) is 26.7. The summed E-state index contributed by atoms with van der Waals surface area (Å²) in [5.74, 6) is 0.0980. The summed E-state index contributed by atoms with van der Waals surface area (Å²) >= 11 is 1.46. The molecule has 0 aromatic carbocycles. The molecule has 2 unspecified atom stereocenters. The highest BCUT2D eigenvalue weighted by atomic mass is 32.1. The van der Waals surface area contributed by atoms with Crippen molar-refractivity contribution in [3.05, 3.63) is 22.4 Å². The second kappa shape index (κ2) is 8.74. The third-order valence-electron chi connectivity index (χ3n) is 6.31. The molecule has 2 aliphatic heterocycles. The molecule has 1 N–H and O–H groups in total. The fourth-order valence-corrected chi connectivity index (χ4v) is 5.49. The van der Waals surface area contributed by atoms with Crippen molar-refractivity contribution in [1.82, 2.24) is 10.2 Å². The minimum atomic E-state index is -0.581. The number of fused-ring (bicyclic) bond motifs is 1. The summed E-state index contributed by atoms with van der Waals surface area (Å²) in [4.78, 5) is 40.2. The van der Waals surface area contributed by atoms with Crippen LogP contribution in [-0.4, -0.2) is 53.8 Å². The van der Waals surface area contributed by atoms with E-state index in [9.17, 15) is 14.4 Å². The Hall–Kier alpha value is -1.73. The number of ether oxygens (including phenoxy) is 1. The predicted octanol–water partition coefficient (Wildman–Crippen LogP) is 2.78. The van der Waals surface area contributed by atoms with Crippen LogP contribution >= 0.6 is 11.3 Å². The second-order valence-corrected chi connectivity index (χ2v) is 8.99. The Kier molecular flexibility index (Phi) is 6.11. The van der Waals surface area contributed by atoms with Gasteiger partial charge in [0.2, 0.25) is 5.91 Å². The lowest BCUT2D eigenvalue weighted by molar-refractivity contribution is -0.142. The predicted molar refractivity (Wildman–Crippen MR) is 106 cm³/mol. The molecule has 7 heteroatoms. The molecule has 1 aliphatic carbocycles. The Morgan fingerprint density at radius 3 is 2.79 bits per heavy atom. The van der Waals surface area contributed by atoms with Gasteiger partial charge in [0.15, 0.2) is 5.78 Å². The van der Waals surface area contributed by atoms with Crippen LogP contribution in [0.3, 0.4) is 0 Å². The minimum absolute atomic E-state index is 0.0152. The number of hydrogen-bond acceptors (Lipinski definition) is 5. The van der Waals surface area contributed by atoms with Crippen molar-refractivity contribution in [2.24, 2.45) is 5.92 Å². The molecule has 0 bridgehead atoms. The maximum atomic E-state index is 13.5. The topological polar surface area (TPSA) is 75.7 Å². The first-order chi connectivity index (χ1) is 13.6. The zero-order valence-electron chi connectivity index (χ0n) is 16.1. The maximum Gasteiger partial charge on any atom is 0.252 e. The first-order valence-corrected chi connectivity index (χ1v) is 11.4. The minimum Gasteiger partial charge on any atom is -0.368 e. The van der Waals surface area contributed by atoms with Crippen LogP contribution in [0.15, 0.2) is 16.8 Å². The summed E-state index contributed by atoms with van der Waals surface area (Å²) in [5, 5.41) is 6.64. The van der Waals surface area contributed by atoms with Crippen molar-refractivity contribution in [2.45, 2.75) is 69.6 Å². The molecule has 3 atom stereocenters. The van der Waals surface area contributed by atoms with Gasteiger partial charge < -0.3 is 15.0 Å². The van der Waals surface area contributed by atoms with Crippen molar-refractivity contribution in [2.75, 3.05) is 13.2 Å². The third-order valence-corrected chi connectivity index (χ3v) is 6.99. The van der Waals surface area contributed by atoms with Crippen LogP contribution in [0.2, 0.25) is 0 Å². The smallest absolute Gasteiger partial charge is 0.252 e. The van der Waals surface area contributed by atoms with E-state index in [4.69, 9.17) is 4.74 Å². The van der Waals surface area contributed by atoms with E-state index in [0.29, 0.717) is 24.4 Å². The van der Waals surface area contributed by atoms with Gasteiger partial charge in [-0.15, -0.1) is 0 Å². The summed E-state index contributed by atoms with van der Waals surface area (Å²) in [6, 6.07) is 0.712. The first kappa shape index (κ1) is 19.6. The lowest BCUT2D eigenvalue weighted by atomic mass is 9.84. The Bertz CT molecular complexity index is 714. The van der Waals surface area contributed by atoms with Crippen LogP contribution in [0, 0.1) is 5.92 Å². The molecule has 3 aliphatic rings. The molecule has 0 radical (unpaired) electrons. The van der Waals surface area contributed by atoms with Crippen molar-refractivity contribution < 1.29 is 19.1 Å². The number of likely N-dealkylation sites (tertiary alicyclic amines) is 1. The summed E-state index contributed by atoms with van der Waals surface area (Å²) in [6.07, 6.45) is 7.93. The highest BCUT2D eigenvalue weighted by Gasteiger charge is 2.46. The number of nitrogens with zero attached hydrogens (tertiary/aromatic N) is 1. The molecule has 152 valence electrons. The van der Waals surface area contributed by atoms with Crippen LogP contribution < -0.4 is 5.32 Å². The van der Waals surface area contributed by atoms with Gasteiger partial charge in [-0.2, -0.15) is 11.3 Å². The van der Waals surface area contributed by atoms with E-state index >= 15 is 0 Å². The van der Waals surface area contributed by atoms with Crippen LogP contribution in [0.5, 0.6) is 0 Å². The van der Waals surface area contributed by atoms with Gasteiger partial charge in [-0.25, -0.2) is 0 Å². The summed E-state index contributed by atoms with van der Waals surface area (Å²) in [6.45, 7) is 0.651. The largest absolute Gasteiger partial charge is 0.368 e. The van der Waals surface area contributed by atoms with Gasteiger partial charge in [0.05, 0.1) is 11.7 Å². The Labute approximate surface area is 169 Å². The quantitative estimate of drug-likeness (QED) is 0.819. The first-order valence-electron chi connectivity index (χ1n) is 10.4. The number of ketones is 1. The zero-order valence-corrected chi connectivity index (χ0v) is 16.9. The monoisotopic (exact) mass is 404 g/mol. The Morgan fingerprint density at radius 2 is 2.04 bits per heavy atom. The van der Waals surface area contributed by atoms with Gasteiger partial charge in [0, 0.05) is 11.9 Å². The molecule has 1 saturated carbocycles. The van der Waals surface area contributed by atoms with Crippen LogP contribution in [-0.2, 0) is 14.3 Å². The average molecular weight is 405 g/mol. The van der Waals surface area contributed by atoms with Crippen LogP contribution in [0.25, 0.3) is 0 Å². The van der Waals surface area contributed by atoms with Gasteiger partial charge >= 0.3 is 0 Å². The Morgan fingerprint density at radius 1 is 1.21 bits per heavy atom. The number of carbonyl (C=O) groups is 3. The van der Waals surface area contributed by atoms with E-state index in [0.717, 1.165) is 25.7 Å². The number of piperidine rings is 1. The molecule has 2 saturated heterocycles. The van der Waals surface area contributed by atoms with Gasteiger partial charge in [0.1, 0.15) is 18.7 Å². The number of nitrogens with one attached hydrogen (secondary N) is 1. The number of rotatable bonds is 5. The molecule has 0 spiro atoms. The van der Waals surface area contributed by atoms with E-state index in [1.165, 1.54) is 30.6 Å². The van der Waals surface area contributed by atoms with Crippen molar-refractivity contribution in [3.63, 3.8) is 0 Å². The summed E-state index contributed by atoms with van der Waals surface area (Å²) < 4.78 is 5.59. The highest BCUT2D eigenvalue weighted by Crippen LogP contribution is 2.30. The summed E-state index contributed by atoms with van der Waals surface area (Å²) in [5.41, 5.74) is 0.586. The van der Waals surface area contributed by atoms with E-state index < -0.39 is 12.1 Å². The van der Waals surface area contributed by atoms with Gasteiger partial charge in [0.25, 0.3) is 5.91 Å². The van der Waals surface area contributed by atoms with Crippen molar-refractivity contribution in [1.29, 1.82) is 0 Å². The van der Waals surface area contributed by atoms with E-state index in [1.807, 2.05) is 5.38 Å². The highest BCUT2D eigenvalue weighted by molar-refractivity contribution is 7.08. The van der Waals surface area contributed by atoms with E-state index in [-0.39, 0.29) is 30.3 Å². The molecular formula is C21H28N2O4S. The number of carbonyl (C=O) groups excluding carboxylic acids is 3. The van der Waals surface area contributed by atoms with Gasteiger partial charge in [-0.1, -0.05) is 32.1 Å². The molecule has 3 heterocycles. The molecule has 4 rings (SSSR count). The van der Waals surface area contributed by atoms with E-state index in [2.05, 4.69) is 5.32 Å². The van der Waals surface area contributed by atoms with Crippen molar-refractivity contribution >= 4 is 28.9 Å². The van der Waals surface area contributed by atoms with E-state index in [1.54, 1.807) is 16.3 Å². The molecule has 1 aromatic rings. The molecular weight excluding hydrogens is 376 g/mol. The van der Waals surface area contributed by atoms with Crippen LogP contribution in [0.1, 0.15) is 61.7 Å². The fourth-order valence-electron chi connectivity index (χ4n) is 4.85. The molecule has 28 heavy (non-hydrogen) atoms. The molecule has 6 nitrogen and oxygen atoms in total. The van der Waals surface area contributed by atoms with Gasteiger partial charge in [-0.05, 0) is 36.6 Å². The average Bonchev–Trinajstić information content (AvgIpc) is 3.38. The van der Waals surface area contributed by atoms with Crippen LogP contribution in [0.4, 0.5) is 0 Å². The van der Waals surface area contributed by atoms with Crippen molar-refractivity contribution in [3.8, 4) is 0 Å². The third kappa shape index (κ3) is 4.15. The number of hydrogen-bond donors (Lipinski definition) is 1. The summed E-state index contributed by atoms with van der Waals surface area (Å²) in [7, 11) is 0. The second-order valence-electron chi connectivity index (χ2n) is 8.21. The maximum absolute atomic E-state index is 13.5. The molecule has 1 aromatic heterocycles. The zero-order chi connectivity index (χ0) is 19.5. The molecule has 3 fully saturated rings. The lowest BCUT2D eigenvalue weighted by Crippen LogP contribution is -2.58. The standard InChI is InChI=1S/C21H28N2O4S/c24-17-12-27-18-7-4-9-23(19(17)18)21(26)16(11-14-5-2-1-3-6-14)22-20(25)15-8-10-28-13-15/h8,10,13-14,16,18-19H,1-7,9,11-12H2,(H,22,25)/t16-,18?,19?/m0/s1. The Balaban J connectivity index is 1.51. The number of Topliss-reactive ketones (excluding diaryl/α,β-unsaturated/α-hetero) is 1. The number of amides is 2.